The highest BCUT2D eigenvalue weighted by molar-refractivity contribution is 6.36. The second kappa shape index (κ2) is 7.67. The first kappa shape index (κ1) is 14.5. The van der Waals surface area contributed by atoms with Crippen molar-refractivity contribution in [1.82, 2.24) is 5.32 Å². The summed E-state index contributed by atoms with van der Waals surface area (Å²) in [7, 11) is 1.65. The Morgan fingerprint density at radius 1 is 1.41 bits per heavy atom. The van der Waals surface area contributed by atoms with Gasteiger partial charge in [0.1, 0.15) is 0 Å². The molecule has 1 aromatic rings. The predicted molar refractivity (Wildman–Crippen MR) is 70.2 cm³/mol. The summed E-state index contributed by atoms with van der Waals surface area (Å²) >= 11 is 11.7. The first-order valence-electron chi connectivity index (χ1n) is 5.33. The third-order valence-corrected chi connectivity index (χ3v) is 2.77. The quantitative estimate of drug-likeness (QED) is 0.614. The van der Waals surface area contributed by atoms with Crippen LogP contribution >= 0.6 is 23.2 Å². The number of ketones is 1. The maximum absolute atomic E-state index is 11.8. The molecule has 0 heterocycles. The number of Topliss-reactive ketones (excluding diaryl/α,β-unsaturated/α-hetero) is 1. The fourth-order valence-electron chi connectivity index (χ4n) is 1.35. The van der Waals surface area contributed by atoms with E-state index in [0.29, 0.717) is 22.2 Å². The van der Waals surface area contributed by atoms with E-state index in [1.54, 1.807) is 25.3 Å². The van der Waals surface area contributed by atoms with E-state index in [-0.39, 0.29) is 12.3 Å². The molecule has 0 saturated carbocycles. The molecule has 17 heavy (non-hydrogen) atoms. The van der Waals surface area contributed by atoms with E-state index in [4.69, 9.17) is 27.9 Å². The molecule has 0 spiro atoms. The van der Waals surface area contributed by atoms with Crippen molar-refractivity contribution >= 4 is 29.0 Å². The molecule has 0 aromatic heterocycles. The molecule has 1 aromatic carbocycles. The van der Waals surface area contributed by atoms with E-state index in [2.05, 4.69) is 5.32 Å². The number of hydrogen-bond acceptors (Lipinski definition) is 3. The smallest absolute Gasteiger partial charge is 0.178 e. The number of carbonyl (C=O) groups is 1. The van der Waals surface area contributed by atoms with Gasteiger partial charge in [-0.1, -0.05) is 23.2 Å². The molecule has 0 bridgehead atoms. The highest BCUT2D eigenvalue weighted by Gasteiger charge is 2.09. The van der Waals surface area contributed by atoms with Gasteiger partial charge in [-0.2, -0.15) is 0 Å². The zero-order chi connectivity index (χ0) is 12.7. The number of ether oxygens (including phenoxy) is 1. The number of benzene rings is 1. The number of nitrogens with one attached hydrogen (secondary N) is 1. The second-order valence-corrected chi connectivity index (χ2v) is 4.41. The van der Waals surface area contributed by atoms with Gasteiger partial charge in [0, 0.05) is 24.3 Å². The standard InChI is InChI=1S/C12H15Cl2NO2/c1-17-6-2-5-15-8-12(16)10-4-3-9(13)7-11(10)14/h3-4,7,15H,2,5-6,8H2,1H3. The monoisotopic (exact) mass is 275 g/mol. The lowest BCUT2D eigenvalue weighted by Crippen LogP contribution is -2.24. The summed E-state index contributed by atoms with van der Waals surface area (Å²) in [4.78, 5) is 11.8. The van der Waals surface area contributed by atoms with Crippen molar-refractivity contribution in [2.75, 3.05) is 26.8 Å². The van der Waals surface area contributed by atoms with Gasteiger partial charge in [-0.3, -0.25) is 4.79 Å². The Morgan fingerprint density at radius 2 is 2.18 bits per heavy atom. The van der Waals surface area contributed by atoms with Crippen LogP contribution in [-0.4, -0.2) is 32.6 Å². The maximum Gasteiger partial charge on any atom is 0.178 e. The zero-order valence-electron chi connectivity index (χ0n) is 9.63. The molecule has 94 valence electrons. The third kappa shape index (κ3) is 5.04. The molecule has 0 aliphatic carbocycles. The summed E-state index contributed by atoms with van der Waals surface area (Å²) in [5.41, 5.74) is 0.496. The highest BCUT2D eigenvalue weighted by Crippen LogP contribution is 2.21. The van der Waals surface area contributed by atoms with Crippen molar-refractivity contribution < 1.29 is 9.53 Å². The van der Waals surface area contributed by atoms with Gasteiger partial charge in [-0.15, -0.1) is 0 Å². The molecule has 0 amide bonds. The normalized spacial score (nSPS) is 10.5. The van der Waals surface area contributed by atoms with Crippen molar-refractivity contribution in [1.29, 1.82) is 0 Å². The maximum atomic E-state index is 11.8. The molecule has 1 N–H and O–H groups in total. The summed E-state index contributed by atoms with van der Waals surface area (Å²) in [6, 6.07) is 4.87. The summed E-state index contributed by atoms with van der Waals surface area (Å²) in [5.74, 6) is -0.0379. The Kier molecular flexibility index (Phi) is 6.52. The molecule has 0 unspecified atom stereocenters. The molecule has 0 aliphatic heterocycles. The molecular formula is C12H15Cl2NO2. The van der Waals surface area contributed by atoms with Crippen molar-refractivity contribution in [3.8, 4) is 0 Å². The zero-order valence-corrected chi connectivity index (χ0v) is 11.1. The van der Waals surface area contributed by atoms with Gasteiger partial charge in [0.05, 0.1) is 11.6 Å². The highest BCUT2D eigenvalue weighted by atomic mass is 35.5. The largest absolute Gasteiger partial charge is 0.385 e. The van der Waals surface area contributed by atoms with Crippen LogP contribution in [0.1, 0.15) is 16.8 Å². The minimum Gasteiger partial charge on any atom is -0.385 e. The third-order valence-electron chi connectivity index (χ3n) is 2.22. The molecule has 5 heteroatoms. The molecule has 0 fully saturated rings. The molecule has 0 atom stereocenters. The molecular weight excluding hydrogens is 261 g/mol. The predicted octanol–water partition coefficient (Wildman–Crippen LogP) is 2.80. The molecule has 0 aliphatic rings. The van der Waals surface area contributed by atoms with Crippen LogP contribution < -0.4 is 5.32 Å². The number of hydrogen-bond donors (Lipinski definition) is 1. The van der Waals surface area contributed by atoms with Crippen LogP contribution in [0.5, 0.6) is 0 Å². The van der Waals surface area contributed by atoms with Gasteiger partial charge in [0.15, 0.2) is 5.78 Å². The fourth-order valence-corrected chi connectivity index (χ4v) is 1.87. The average Bonchev–Trinajstić information content (AvgIpc) is 2.28. The number of methoxy groups -OCH3 is 1. The minimum absolute atomic E-state index is 0.0379. The lowest BCUT2D eigenvalue weighted by molar-refractivity contribution is 0.0990. The summed E-state index contributed by atoms with van der Waals surface area (Å²) in [5, 5.41) is 3.96. The van der Waals surface area contributed by atoms with Gasteiger partial charge < -0.3 is 10.1 Å². The average molecular weight is 276 g/mol. The Hall–Kier alpha value is -0.610. The van der Waals surface area contributed by atoms with Crippen LogP contribution in [-0.2, 0) is 4.74 Å². The Morgan fingerprint density at radius 3 is 2.82 bits per heavy atom. The van der Waals surface area contributed by atoms with Crippen molar-refractivity contribution in [2.45, 2.75) is 6.42 Å². The van der Waals surface area contributed by atoms with E-state index < -0.39 is 0 Å². The van der Waals surface area contributed by atoms with E-state index in [9.17, 15) is 4.79 Å². The lowest BCUT2D eigenvalue weighted by Gasteiger charge is -2.05. The lowest BCUT2D eigenvalue weighted by atomic mass is 10.1. The van der Waals surface area contributed by atoms with Crippen LogP contribution in [0, 0.1) is 0 Å². The Balaban J connectivity index is 2.42. The van der Waals surface area contributed by atoms with Crippen molar-refractivity contribution in [3.05, 3.63) is 33.8 Å². The van der Waals surface area contributed by atoms with E-state index in [0.717, 1.165) is 13.0 Å². The van der Waals surface area contributed by atoms with Crippen LogP contribution in [0.15, 0.2) is 18.2 Å². The van der Waals surface area contributed by atoms with E-state index in [1.807, 2.05) is 0 Å². The minimum atomic E-state index is -0.0379. The molecule has 3 nitrogen and oxygen atoms in total. The van der Waals surface area contributed by atoms with Gasteiger partial charge in [0.2, 0.25) is 0 Å². The Bertz CT molecular complexity index is 383. The van der Waals surface area contributed by atoms with Gasteiger partial charge in [-0.05, 0) is 31.2 Å². The fraction of sp³-hybridized carbons (Fsp3) is 0.417. The van der Waals surface area contributed by atoms with Crippen LogP contribution in [0.4, 0.5) is 0 Å². The van der Waals surface area contributed by atoms with E-state index >= 15 is 0 Å². The number of halogens is 2. The van der Waals surface area contributed by atoms with Gasteiger partial charge in [0.25, 0.3) is 0 Å². The van der Waals surface area contributed by atoms with Gasteiger partial charge >= 0.3 is 0 Å². The van der Waals surface area contributed by atoms with Crippen molar-refractivity contribution in [3.63, 3.8) is 0 Å². The number of rotatable bonds is 7. The molecule has 0 saturated heterocycles. The van der Waals surface area contributed by atoms with Crippen LogP contribution in [0.3, 0.4) is 0 Å². The molecule has 1 rings (SSSR count). The number of carbonyl (C=O) groups excluding carboxylic acids is 1. The first-order chi connectivity index (χ1) is 8.15. The first-order valence-corrected chi connectivity index (χ1v) is 6.08. The molecule has 0 radical (unpaired) electrons. The Labute approximate surface area is 111 Å². The van der Waals surface area contributed by atoms with E-state index in [1.165, 1.54) is 0 Å². The topological polar surface area (TPSA) is 38.3 Å². The summed E-state index contributed by atoms with van der Waals surface area (Å²) in [6.07, 6.45) is 0.873. The summed E-state index contributed by atoms with van der Waals surface area (Å²) in [6.45, 7) is 1.69. The second-order valence-electron chi connectivity index (χ2n) is 3.57. The van der Waals surface area contributed by atoms with Gasteiger partial charge in [-0.25, -0.2) is 0 Å². The SMILES string of the molecule is COCCCNCC(=O)c1ccc(Cl)cc1Cl. The van der Waals surface area contributed by atoms with Crippen molar-refractivity contribution in [2.24, 2.45) is 0 Å². The summed E-state index contributed by atoms with van der Waals surface area (Å²) < 4.78 is 4.91. The van der Waals surface area contributed by atoms with Crippen LogP contribution in [0.2, 0.25) is 10.0 Å². The van der Waals surface area contributed by atoms with Crippen LogP contribution in [0.25, 0.3) is 0 Å².